The molecule has 112 valence electrons. The number of hydrogen-bond acceptors (Lipinski definition) is 3. The van der Waals surface area contributed by atoms with Crippen LogP contribution in [0, 0.1) is 0 Å². The predicted molar refractivity (Wildman–Crippen MR) is 69.2 cm³/mol. The van der Waals surface area contributed by atoms with E-state index in [9.17, 15) is 18.0 Å². The normalized spacial score (nSPS) is 19.1. The lowest BCUT2D eigenvalue weighted by molar-refractivity contribution is -0.137. The Morgan fingerprint density at radius 2 is 1.95 bits per heavy atom. The molecule has 1 aliphatic rings. The Bertz CT molecular complexity index is 681. The summed E-state index contributed by atoms with van der Waals surface area (Å²) in [6.45, 7) is 0.832. The molecule has 0 radical (unpaired) electrons. The van der Waals surface area contributed by atoms with Gasteiger partial charge in [-0.25, -0.2) is 14.5 Å². The van der Waals surface area contributed by atoms with Gasteiger partial charge in [0.2, 0.25) is 0 Å². The van der Waals surface area contributed by atoms with Gasteiger partial charge in [0.15, 0.2) is 5.82 Å². The standard InChI is InChI=1S/C13H13F3N4O/c14-13(15,16)8-3-5-9(6-4-8)20-11(18-19-12(20)21)10-2-1-7-17-10/h3-6,10,17H,1-2,7H2,(H,19,21). The number of aromatic amines is 1. The summed E-state index contributed by atoms with van der Waals surface area (Å²) in [4.78, 5) is 11.9. The van der Waals surface area contributed by atoms with Gasteiger partial charge in [0.1, 0.15) is 0 Å². The molecule has 3 rings (SSSR count). The number of nitrogens with zero attached hydrogens (tertiary/aromatic N) is 2. The average Bonchev–Trinajstić information content (AvgIpc) is 3.06. The van der Waals surface area contributed by atoms with Crippen molar-refractivity contribution in [3.8, 4) is 5.69 Å². The van der Waals surface area contributed by atoms with E-state index in [1.54, 1.807) is 0 Å². The first-order chi connectivity index (χ1) is 9.97. The molecule has 8 heteroatoms. The smallest absolute Gasteiger partial charge is 0.307 e. The minimum atomic E-state index is -4.39. The fourth-order valence-electron chi connectivity index (χ4n) is 2.50. The minimum Gasteiger partial charge on any atom is -0.307 e. The van der Waals surface area contributed by atoms with Gasteiger partial charge in [0.05, 0.1) is 17.3 Å². The summed E-state index contributed by atoms with van der Waals surface area (Å²) in [6.07, 6.45) is -2.58. The summed E-state index contributed by atoms with van der Waals surface area (Å²) in [5.74, 6) is 0.497. The van der Waals surface area contributed by atoms with E-state index in [0.717, 1.165) is 31.5 Å². The van der Waals surface area contributed by atoms with Crippen molar-refractivity contribution in [2.75, 3.05) is 6.54 Å². The van der Waals surface area contributed by atoms with Gasteiger partial charge in [-0.3, -0.25) is 0 Å². The van der Waals surface area contributed by atoms with E-state index in [-0.39, 0.29) is 6.04 Å². The highest BCUT2D eigenvalue weighted by Crippen LogP contribution is 2.30. The van der Waals surface area contributed by atoms with Crippen LogP contribution in [-0.2, 0) is 6.18 Å². The molecule has 0 aliphatic carbocycles. The van der Waals surface area contributed by atoms with Crippen LogP contribution in [0.25, 0.3) is 5.69 Å². The number of nitrogens with one attached hydrogen (secondary N) is 2. The first-order valence-electron chi connectivity index (χ1n) is 6.55. The SMILES string of the molecule is O=c1[nH]nc(C2CCCN2)n1-c1ccc(C(F)(F)F)cc1. The summed E-state index contributed by atoms with van der Waals surface area (Å²) in [6, 6.07) is 4.41. The van der Waals surface area contributed by atoms with Crippen LogP contribution in [0.2, 0.25) is 0 Å². The van der Waals surface area contributed by atoms with Gasteiger partial charge in [0.25, 0.3) is 0 Å². The lowest BCUT2D eigenvalue weighted by Crippen LogP contribution is -2.22. The summed E-state index contributed by atoms with van der Waals surface area (Å²) in [5.41, 5.74) is -0.841. The molecule has 0 saturated carbocycles. The third-order valence-corrected chi connectivity index (χ3v) is 3.52. The molecule has 1 unspecified atom stereocenters. The maximum absolute atomic E-state index is 12.6. The molecule has 1 atom stereocenters. The molecule has 1 aliphatic heterocycles. The van der Waals surface area contributed by atoms with Crippen LogP contribution in [0.4, 0.5) is 13.2 Å². The summed E-state index contributed by atoms with van der Waals surface area (Å²) < 4.78 is 39.0. The van der Waals surface area contributed by atoms with Gasteiger partial charge in [0, 0.05) is 0 Å². The fraction of sp³-hybridized carbons (Fsp3) is 0.385. The Labute approximate surface area is 117 Å². The lowest BCUT2D eigenvalue weighted by atomic mass is 10.2. The van der Waals surface area contributed by atoms with E-state index in [2.05, 4.69) is 15.5 Å². The number of halogens is 3. The van der Waals surface area contributed by atoms with E-state index in [4.69, 9.17) is 0 Å². The van der Waals surface area contributed by atoms with Gasteiger partial charge in [-0.15, -0.1) is 0 Å². The summed E-state index contributed by atoms with van der Waals surface area (Å²) in [5, 5.41) is 9.55. The van der Waals surface area contributed by atoms with Gasteiger partial charge in [-0.1, -0.05) is 0 Å². The number of hydrogen-bond donors (Lipinski definition) is 2. The molecule has 0 amide bonds. The Morgan fingerprint density at radius 3 is 2.52 bits per heavy atom. The van der Waals surface area contributed by atoms with Crippen LogP contribution in [0.5, 0.6) is 0 Å². The van der Waals surface area contributed by atoms with Crippen molar-refractivity contribution in [1.82, 2.24) is 20.1 Å². The van der Waals surface area contributed by atoms with Crippen molar-refractivity contribution in [3.05, 3.63) is 46.1 Å². The molecule has 0 spiro atoms. The maximum Gasteiger partial charge on any atom is 0.416 e. The average molecular weight is 298 g/mol. The summed E-state index contributed by atoms with van der Waals surface area (Å²) in [7, 11) is 0. The van der Waals surface area contributed by atoms with Gasteiger partial charge >= 0.3 is 11.9 Å². The second-order valence-electron chi connectivity index (χ2n) is 4.92. The Balaban J connectivity index is 2.00. The maximum atomic E-state index is 12.6. The minimum absolute atomic E-state index is 0.0637. The quantitative estimate of drug-likeness (QED) is 0.891. The molecule has 0 bridgehead atoms. The lowest BCUT2D eigenvalue weighted by Gasteiger charge is -2.12. The van der Waals surface area contributed by atoms with Crippen molar-refractivity contribution in [1.29, 1.82) is 0 Å². The number of benzene rings is 1. The second-order valence-corrected chi connectivity index (χ2v) is 4.92. The topological polar surface area (TPSA) is 62.7 Å². The highest BCUT2D eigenvalue weighted by Gasteiger charge is 2.30. The number of H-pyrrole nitrogens is 1. The molecule has 1 fully saturated rings. The first kappa shape index (κ1) is 13.9. The highest BCUT2D eigenvalue weighted by atomic mass is 19.4. The fourth-order valence-corrected chi connectivity index (χ4v) is 2.50. The van der Waals surface area contributed by atoms with E-state index < -0.39 is 17.4 Å². The number of alkyl halides is 3. The van der Waals surface area contributed by atoms with E-state index >= 15 is 0 Å². The van der Waals surface area contributed by atoms with Crippen molar-refractivity contribution in [2.45, 2.75) is 25.1 Å². The molecule has 21 heavy (non-hydrogen) atoms. The Kier molecular flexibility index (Phi) is 3.32. The predicted octanol–water partition coefficient (Wildman–Crippen LogP) is 2.00. The third kappa shape index (κ3) is 2.58. The highest BCUT2D eigenvalue weighted by molar-refractivity contribution is 5.36. The van der Waals surface area contributed by atoms with Crippen molar-refractivity contribution in [2.24, 2.45) is 0 Å². The third-order valence-electron chi connectivity index (χ3n) is 3.52. The van der Waals surface area contributed by atoms with Crippen LogP contribution in [0.1, 0.15) is 30.3 Å². The van der Waals surface area contributed by atoms with Crippen LogP contribution >= 0.6 is 0 Å². The molecule has 2 N–H and O–H groups in total. The zero-order chi connectivity index (χ0) is 15.0. The Morgan fingerprint density at radius 1 is 1.24 bits per heavy atom. The molecule has 1 saturated heterocycles. The van der Waals surface area contributed by atoms with Gasteiger partial charge in [-0.2, -0.15) is 18.3 Å². The number of rotatable bonds is 2. The van der Waals surface area contributed by atoms with Crippen molar-refractivity contribution < 1.29 is 13.2 Å². The summed E-state index contributed by atoms with van der Waals surface area (Å²) >= 11 is 0. The Hall–Kier alpha value is -2.09. The van der Waals surface area contributed by atoms with Gasteiger partial charge < -0.3 is 5.32 Å². The van der Waals surface area contributed by atoms with Gasteiger partial charge in [-0.05, 0) is 43.7 Å². The molecule has 1 aromatic carbocycles. The number of aromatic nitrogens is 3. The van der Waals surface area contributed by atoms with Crippen molar-refractivity contribution in [3.63, 3.8) is 0 Å². The van der Waals surface area contributed by atoms with Crippen LogP contribution in [0.3, 0.4) is 0 Å². The molecule has 2 heterocycles. The molecule has 5 nitrogen and oxygen atoms in total. The van der Waals surface area contributed by atoms with E-state index in [0.29, 0.717) is 11.5 Å². The molecular formula is C13H13F3N4O. The van der Waals surface area contributed by atoms with E-state index in [1.165, 1.54) is 16.7 Å². The molecule has 1 aromatic heterocycles. The molecule has 2 aromatic rings. The molecular weight excluding hydrogens is 285 g/mol. The van der Waals surface area contributed by atoms with Crippen LogP contribution < -0.4 is 11.0 Å². The zero-order valence-corrected chi connectivity index (χ0v) is 10.9. The zero-order valence-electron chi connectivity index (χ0n) is 10.9. The van der Waals surface area contributed by atoms with Crippen LogP contribution in [0.15, 0.2) is 29.1 Å². The van der Waals surface area contributed by atoms with Crippen LogP contribution in [-0.4, -0.2) is 21.3 Å². The first-order valence-corrected chi connectivity index (χ1v) is 6.55. The largest absolute Gasteiger partial charge is 0.416 e. The second kappa shape index (κ2) is 5.03. The van der Waals surface area contributed by atoms with Crippen molar-refractivity contribution >= 4 is 0 Å². The van der Waals surface area contributed by atoms with E-state index in [1.807, 2.05) is 0 Å². The monoisotopic (exact) mass is 298 g/mol.